The second kappa shape index (κ2) is 8.73. The van der Waals surface area contributed by atoms with Gasteiger partial charge in [-0.1, -0.05) is 23.1 Å². The standard InChI is InChI=1S/C17H22N6O2S2/c1-10-11(2)23(8-12-5-4-6-25-12)15(13(10)7-18)20-14(24)9-26-17-22-21-16(19-3)27-17/h12H,4-6,8-9H2,1-3H3,(H,19,21)(H,20,24)/t12-/m0/s1. The normalized spacial score (nSPS) is 16.3. The second-order valence-corrected chi connectivity index (χ2v) is 8.45. The molecule has 3 heterocycles. The zero-order valence-electron chi connectivity index (χ0n) is 15.5. The van der Waals surface area contributed by atoms with Gasteiger partial charge < -0.3 is 19.9 Å². The summed E-state index contributed by atoms with van der Waals surface area (Å²) in [6.07, 6.45) is 2.16. The molecule has 0 saturated carbocycles. The average molecular weight is 407 g/mol. The number of aromatic nitrogens is 3. The molecule has 3 rings (SSSR count). The lowest BCUT2D eigenvalue weighted by atomic mass is 10.2. The highest BCUT2D eigenvalue weighted by molar-refractivity contribution is 8.01. The number of anilines is 2. The van der Waals surface area contributed by atoms with Crippen LogP contribution in [0.3, 0.4) is 0 Å². The molecule has 1 atom stereocenters. The first-order chi connectivity index (χ1) is 13.0. The minimum absolute atomic E-state index is 0.119. The summed E-state index contributed by atoms with van der Waals surface area (Å²) in [6, 6.07) is 2.23. The predicted octanol–water partition coefficient (Wildman–Crippen LogP) is 2.78. The fraction of sp³-hybridized carbons (Fsp3) is 0.529. The van der Waals surface area contributed by atoms with Crippen molar-refractivity contribution < 1.29 is 9.53 Å². The Bertz CT molecular complexity index is 864. The molecular formula is C17H22N6O2S2. The van der Waals surface area contributed by atoms with E-state index in [1.165, 1.54) is 23.1 Å². The molecule has 1 aliphatic heterocycles. The Morgan fingerprint density at radius 2 is 2.30 bits per heavy atom. The minimum atomic E-state index is -0.177. The summed E-state index contributed by atoms with van der Waals surface area (Å²) >= 11 is 2.72. The van der Waals surface area contributed by atoms with E-state index < -0.39 is 0 Å². The van der Waals surface area contributed by atoms with E-state index in [0.29, 0.717) is 23.1 Å². The number of nitrogens with zero attached hydrogens (tertiary/aromatic N) is 4. The Kier molecular flexibility index (Phi) is 6.36. The number of rotatable bonds is 7. The van der Waals surface area contributed by atoms with Crippen molar-refractivity contribution in [3.05, 3.63) is 16.8 Å². The van der Waals surface area contributed by atoms with Gasteiger partial charge in [0.1, 0.15) is 11.9 Å². The highest BCUT2D eigenvalue weighted by Crippen LogP contribution is 2.29. The van der Waals surface area contributed by atoms with Crippen molar-refractivity contribution in [1.29, 1.82) is 5.26 Å². The van der Waals surface area contributed by atoms with Gasteiger partial charge in [-0.25, -0.2) is 0 Å². The molecule has 0 aliphatic carbocycles. The zero-order valence-corrected chi connectivity index (χ0v) is 17.2. The third-order valence-electron chi connectivity index (χ3n) is 4.56. The van der Waals surface area contributed by atoms with Crippen molar-refractivity contribution in [2.75, 3.05) is 30.0 Å². The molecular weight excluding hydrogens is 384 g/mol. The van der Waals surface area contributed by atoms with Crippen LogP contribution in [0.15, 0.2) is 4.34 Å². The molecule has 0 aromatic carbocycles. The Balaban J connectivity index is 1.72. The van der Waals surface area contributed by atoms with Gasteiger partial charge in [0, 0.05) is 19.3 Å². The Morgan fingerprint density at radius 3 is 2.93 bits per heavy atom. The summed E-state index contributed by atoms with van der Waals surface area (Å²) < 4.78 is 8.45. The Morgan fingerprint density at radius 1 is 1.48 bits per heavy atom. The van der Waals surface area contributed by atoms with Crippen LogP contribution in [0, 0.1) is 25.2 Å². The van der Waals surface area contributed by atoms with Crippen LogP contribution in [-0.4, -0.2) is 46.2 Å². The zero-order chi connectivity index (χ0) is 19.4. The largest absolute Gasteiger partial charge is 0.376 e. The third-order valence-corrected chi connectivity index (χ3v) is 6.63. The molecule has 1 saturated heterocycles. The number of hydrogen-bond acceptors (Lipinski definition) is 8. The van der Waals surface area contributed by atoms with Crippen molar-refractivity contribution in [2.24, 2.45) is 0 Å². The van der Waals surface area contributed by atoms with Gasteiger partial charge in [-0.15, -0.1) is 10.2 Å². The minimum Gasteiger partial charge on any atom is -0.376 e. The molecule has 2 aromatic heterocycles. The van der Waals surface area contributed by atoms with Crippen LogP contribution in [0.5, 0.6) is 0 Å². The van der Waals surface area contributed by atoms with Gasteiger partial charge in [-0.05, 0) is 32.3 Å². The molecule has 0 spiro atoms. The van der Waals surface area contributed by atoms with Crippen molar-refractivity contribution in [3.8, 4) is 6.07 Å². The highest BCUT2D eigenvalue weighted by atomic mass is 32.2. The van der Waals surface area contributed by atoms with Gasteiger partial charge >= 0.3 is 0 Å². The van der Waals surface area contributed by atoms with Crippen molar-refractivity contribution in [1.82, 2.24) is 14.8 Å². The summed E-state index contributed by atoms with van der Waals surface area (Å²) in [5.74, 6) is 0.581. The molecule has 0 unspecified atom stereocenters. The number of amides is 1. The number of carbonyl (C=O) groups excluding carboxylic acids is 1. The SMILES string of the molecule is CNc1nnc(SCC(=O)Nc2c(C#N)c(C)c(C)n2C[C@@H]2CCCO2)s1. The first kappa shape index (κ1) is 19.7. The van der Waals surface area contributed by atoms with Gasteiger partial charge in [0.15, 0.2) is 4.34 Å². The van der Waals surface area contributed by atoms with Crippen LogP contribution in [0.1, 0.15) is 29.7 Å². The van der Waals surface area contributed by atoms with Crippen LogP contribution in [0.4, 0.5) is 10.9 Å². The maximum Gasteiger partial charge on any atom is 0.235 e. The summed E-state index contributed by atoms with van der Waals surface area (Å²) in [5.41, 5.74) is 2.38. The van der Waals surface area contributed by atoms with Gasteiger partial charge in [0.05, 0.1) is 24.0 Å². The molecule has 27 heavy (non-hydrogen) atoms. The first-order valence-corrected chi connectivity index (χ1v) is 10.5. The smallest absolute Gasteiger partial charge is 0.235 e. The monoisotopic (exact) mass is 406 g/mol. The fourth-order valence-electron chi connectivity index (χ4n) is 3.02. The van der Waals surface area contributed by atoms with Crippen LogP contribution < -0.4 is 10.6 Å². The van der Waals surface area contributed by atoms with Gasteiger partial charge in [0.2, 0.25) is 11.0 Å². The summed E-state index contributed by atoms with van der Waals surface area (Å²) in [6.45, 7) is 5.28. The van der Waals surface area contributed by atoms with Crippen molar-refractivity contribution in [3.63, 3.8) is 0 Å². The molecule has 8 nitrogen and oxygen atoms in total. The van der Waals surface area contributed by atoms with Gasteiger partial charge in [-0.3, -0.25) is 4.79 Å². The number of thioether (sulfide) groups is 1. The first-order valence-electron chi connectivity index (χ1n) is 8.68. The Labute approximate surface area is 166 Å². The van der Waals surface area contributed by atoms with Gasteiger partial charge in [-0.2, -0.15) is 5.26 Å². The van der Waals surface area contributed by atoms with E-state index in [1.807, 2.05) is 18.4 Å². The molecule has 2 aromatic rings. The Hall–Kier alpha value is -2.09. The lowest BCUT2D eigenvalue weighted by molar-refractivity contribution is -0.113. The van der Waals surface area contributed by atoms with E-state index in [2.05, 4.69) is 26.9 Å². The van der Waals surface area contributed by atoms with E-state index in [0.717, 1.165) is 35.0 Å². The maximum atomic E-state index is 12.5. The number of nitrogens with one attached hydrogen (secondary N) is 2. The maximum absolute atomic E-state index is 12.5. The van der Waals surface area contributed by atoms with Crippen molar-refractivity contribution >= 4 is 40.0 Å². The summed E-state index contributed by atoms with van der Waals surface area (Å²) in [4.78, 5) is 12.5. The highest BCUT2D eigenvalue weighted by Gasteiger charge is 2.24. The average Bonchev–Trinajstić information content (AvgIpc) is 3.38. The predicted molar refractivity (Wildman–Crippen MR) is 106 cm³/mol. The molecule has 144 valence electrons. The van der Waals surface area contributed by atoms with E-state index in [1.54, 1.807) is 7.05 Å². The van der Waals surface area contributed by atoms with Crippen LogP contribution in [-0.2, 0) is 16.1 Å². The number of hydrogen-bond donors (Lipinski definition) is 2. The number of carbonyl (C=O) groups is 1. The van der Waals surface area contributed by atoms with E-state index in [-0.39, 0.29) is 17.8 Å². The van der Waals surface area contributed by atoms with Crippen molar-refractivity contribution in [2.45, 2.75) is 43.7 Å². The molecule has 1 fully saturated rings. The third kappa shape index (κ3) is 4.43. The lowest BCUT2D eigenvalue weighted by Gasteiger charge is -2.16. The fourth-order valence-corrected chi connectivity index (χ4v) is 4.52. The molecule has 0 radical (unpaired) electrons. The second-order valence-electron chi connectivity index (χ2n) is 6.25. The quantitative estimate of drug-likeness (QED) is 0.681. The van der Waals surface area contributed by atoms with E-state index in [4.69, 9.17) is 4.74 Å². The number of ether oxygens (including phenoxy) is 1. The molecule has 0 bridgehead atoms. The molecule has 1 amide bonds. The van der Waals surface area contributed by atoms with Gasteiger partial charge in [0.25, 0.3) is 0 Å². The molecule has 2 N–H and O–H groups in total. The molecule has 10 heteroatoms. The number of nitriles is 1. The summed E-state index contributed by atoms with van der Waals surface area (Å²) in [7, 11) is 1.78. The van der Waals surface area contributed by atoms with E-state index >= 15 is 0 Å². The summed E-state index contributed by atoms with van der Waals surface area (Å²) in [5, 5.41) is 24.1. The van der Waals surface area contributed by atoms with Crippen LogP contribution in [0.2, 0.25) is 0 Å². The lowest BCUT2D eigenvalue weighted by Crippen LogP contribution is -2.22. The topological polar surface area (TPSA) is 105 Å². The van der Waals surface area contributed by atoms with Crippen LogP contribution in [0.25, 0.3) is 0 Å². The molecule has 1 aliphatic rings. The van der Waals surface area contributed by atoms with E-state index in [9.17, 15) is 10.1 Å². The van der Waals surface area contributed by atoms with Crippen LogP contribution >= 0.6 is 23.1 Å².